The fourth-order valence-electron chi connectivity index (χ4n) is 4.56. The maximum atomic E-state index is 13.8. The molecular weight excluding hydrogens is 501 g/mol. The van der Waals surface area contributed by atoms with E-state index in [-0.39, 0.29) is 30.3 Å². The number of anilines is 1. The maximum absolute atomic E-state index is 13.8. The number of piperidine rings is 1. The van der Waals surface area contributed by atoms with E-state index in [1.165, 1.54) is 24.3 Å². The fraction of sp³-hybridized carbons (Fsp3) is 0.462. The van der Waals surface area contributed by atoms with Gasteiger partial charge in [0, 0.05) is 35.3 Å². The summed E-state index contributed by atoms with van der Waals surface area (Å²) in [5, 5.41) is 2.93. The van der Waals surface area contributed by atoms with Crippen molar-refractivity contribution in [3.8, 4) is 5.75 Å². The molecule has 1 saturated heterocycles. The number of hydrogen-bond acceptors (Lipinski definition) is 4. The Balaban J connectivity index is 1.87. The zero-order valence-electron chi connectivity index (χ0n) is 20.2. The molecular formula is C26H33BrFN3O3. The molecule has 0 aliphatic carbocycles. The van der Waals surface area contributed by atoms with E-state index in [9.17, 15) is 14.0 Å². The molecule has 3 rings (SSSR count). The van der Waals surface area contributed by atoms with Gasteiger partial charge in [-0.1, -0.05) is 22.0 Å². The molecule has 1 aliphatic rings. The Kier molecular flexibility index (Phi) is 8.71. The monoisotopic (exact) mass is 533 g/mol. The Morgan fingerprint density at radius 2 is 1.76 bits per heavy atom. The minimum absolute atomic E-state index is 0.173. The van der Waals surface area contributed by atoms with Gasteiger partial charge in [-0.05, 0) is 83.0 Å². The Bertz CT molecular complexity index is 989. The van der Waals surface area contributed by atoms with Crippen LogP contribution in [0.1, 0.15) is 40.5 Å². The van der Waals surface area contributed by atoms with Crippen molar-refractivity contribution in [3.05, 3.63) is 58.8 Å². The Morgan fingerprint density at radius 3 is 2.32 bits per heavy atom. The summed E-state index contributed by atoms with van der Waals surface area (Å²) in [5.41, 5.74) is -0.537. The zero-order chi connectivity index (χ0) is 24.9. The first-order valence-electron chi connectivity index (χ1n) is 11.6. The average molecular weight is 534 g/mol. The molecule has 2 aromatic carbocycles. The molecule has 1 heterocycles. The molecule has 8 heteroatoms. The molecule has 34 heavy (non-hydrogen) atoms. The summed E-state index contributed by atoms with van der Waals surface area (Å²) in [6, 6.07) is 13.1. The molecule has 6 nitrogen and oxygen atoms in total. The third-order valence-electron chi connectivity index (χ3n) is 6.28. The lowest BCUT2D eigenvalue weighted by molar-refractivity contribution is -0.153. The van der Waals surface area contributed by atoms with Crippen molar-refractivity contribution in [1.82, 2.24) is 9.80 Å². The maximum Gasteiger partial charge on any atom is 0.261 e. The number of likely N-dealkylation sites (tertiary alicyclic amines) is 1. The van der Waals surface area contributed by atoms with Crippen molar-refractivity contribution in [2.75, 3.05) is 25.0 Å². The summed E-state index contributed by atoms with van der Waals surface area (Å²) in [7, 11) is 0. The first kappa shape index (κ1) is 26.2. The van der Waals surface area contributed by atoms with Gasteiger partial charge in [-0.25, -0.2) is 4.39 Å². The van der Waals surface area contributed by atoms with Crippen LogP contribution in [0.3, 0.4) is 0 Å². The summed E-state index contributed by atoms with van der Waals surface area (Å²) in [4.78, 5) is 31.3. The van der Waals surface area contributed by atoms with Gasteiger partial charge in [0.05, 0.1) is 0 Å². The van der Waals surface area contributed by atoms with Crippen LogP contribution in [0.5, 0.6) is 5.75 Å². The number of halogens is 2. The summed E-state index contributed by atoms with van der Waals surface area (Å²) in [6.07, 6.45) is 0.998. The number of rotatable bonds is 8. The number of hydrogen-bond donors (Lipinski definition) is 1. The van der Waals surface area contributed by atoms with Crippen LogP contribution in [0.4, 0.5) is 10.1 Å². The molecule has 0 spiro atoms. The van der Waals surface area contributed by atoms with Crippen LogP contribution in [0.25, 0.3) is 0 Å². The molecule has 0 atom stereocenters. The van der Waals surface area contributed by atoms with Gasteiger partial charge in [0.15, 0.2) is 6.61 Å². The van der Waals surface area contributed by atoms with Crippen LogP contribution in [-0.2, 0) is 9.59 Å². The lowest BCUT2D eigenvalue weighted by Gasteiger charge is -2.49. The van der Waals surface area contributed by atoms with Crippen molar-refractivity contribution in [2.45, 2.75) is 58.2 Å². The van der Waals surface area contributed by atoms with E-state index in [1.54, 1.807) is 17.0 Å². The lowest BCUT2D eigenvalue weighted by Crippen LogP contribution is -2.66. The molecule has 1 aliphatic heterocycles. The van der Waals surface area contributed by atoms with Crippen molar-refractivity contribution in [1.29, 1.82) is 0 Å². The summed E-state index contributed by atoms with van der Waals surface area (Å²) in [5.74, 6) is -0.304. The number of carbonyl (C=O) groups excluding carboxylic acids is 2. The highest BCUT2D eigenvalue weighted by Crippen LogP contribution is 2.34. The van der Waals surface area contributed by atoms with Crippen LogP contribution in [-0.4, -0.2) is 58.9 Å². The first-order valence-corrected chi connectivity index (χ1v) is 12.4. The van der Waals surface area contributed by atoms with Crippen LogP contribution in [0.2, 0.25) is 0 Å². The smallest absolute Gasteiger partial charge is 0.261 e. The van der Waals surface area contributed by atoms with Crippen molar-refractivity contribution < 1.29 is 18.7 Å². The van der Waals surface area contributed by atoms with Gasteiger partial charge in [-0.2, -0.15) is 0 Å². The highest BCUT2D eigenvalue weighted by Gasteiger charge is 2.49. The SMILES string of the molecule is CC(C)N1CCC(C(=O)Nc2ccc(F)cc2)(N(C(=O)COc2cccc(Br)c2)C(C)C)CC1. The molecule has 184 valence electrons. The van der Waals surface area contributed by atoms with Gasteiger partial charge in [-0.15, -0.1) is 0 Å². The topological polar surface area (TPSA) is 61.9 Å². The molecule has 0 saturated carbocycles. The van der Waals surface area contributed by atoms with E-state index in [4.69, 9.17) is 4.74 Å². The molecule has 1 fully saturated rings. The molecule has 0 aromatic heterocycles. The number of ether oxygens (including phenoxy) is 1. The third kappa shape index (κ3) is 6.16. The van der Waals surface area contributed by atoms with Gasteiger partial charge in [0.25, 0.3) is 5.91 Å². The van der Waals surface area contributed by atoms with Crippen molar-refractivity contribution in [3.63, 3.8) is 0 Å². The van der Waals surface area contributed by atoms with Gasteiger partial charge in [0.1, 0.15) is 17.1 Å². The van der Waals surface area contributed by atoms with Crippen molar-refractivity contribution in [2.24, 2.45) is 0 Å². The molecule has 0 bridgehead atoms. The van der Waals surface area contributed by atoms with Gasteiger partial charge in [0.2, 0.25) is 5.91 Å². The molecule has 1 N–H and O–H groups in total. The van der Waals surface area contributed by atoms with E-state index in [2.05, 4.69) is 40.0 Å². The Morgan fingerprint density at radius 1 is 1.12 bits per heavy atom. The summed E-state index contributed by atoms with van der Waals surface area (Å²) in [6.45, 7) is 9.30. The highest BCUT2D eigenvalue weighted by molar-refractivity contribution is 9.10. The van der Waals surface area contributed by atoms with E-state index in [1.807, 2.05) is 26.0 Å². The quantitative estimate of drug-likeness (QED) is 0.513. The molecule has 2 amide bonds. The summed E-state index contributed by atoms with van der Waals surface area (Å²) < 4.78 is 20.0. The average Bonchev–Trinajstić information content (AvgIpc) is 2.79. The number of carbonyl (C=O) groups is 2. The van der Waals surface area contributed by atoms with Crippen LogP contribution < -0.4 is 10.1 Å². The zero-order valence-corrected chi connectivity index (χ0v) is 21.8. The Labute approximate surface area is 209 Å². The fourth-order valence-corrected chi connectivity index (χ4v) is 4.94. The second-order valence-electron chi connectivity index (χ2n) is 9.23. The number of nitrogens with zero attached hydrogens (tertiary/aromatic N) is 2. The normalized spacial score (nSPS) is 15.9. The number of amides is 2. The van der Waals surface area contributed by atoms with Crippen molar-refractivity contribution >= 4 is 33.4 Å². The van der Waals surface area contributed by atoms with Crippen LogP contribution in [0, 0.1) is 5.82 Å². The lowest BCUT2D eigenvalue weighted by atomic mass is 9.82. The second-order valence-corrected chi connectivity index (χ2v) is 10.1. The van der Waals surface area contributed by atoms with Crippen LogP contribution in [0.15, 0.2) is 53.0 Å². The van der Waals surface area contributed by atoms with E-state index >= 15 is 0 Å². The van der Waals surface area contributed by atoms with Gasteiger partial charge < -0.3 is 19.9 Å². The number of nitrogens with one attached hydrogen (secondary N) is 1. The largest absolute Gasteiger partial charge is 0.484 e. The number of benzene rings is 2. The molecule has 0 unspecified atom stereocenters. The van der Waals surface area contributed by atoms with E-state index in [0.717, 1.165) is 4.47 Å². The summed E-state index contributed by atoms with van der Waals surface area (Å²) >= 11 is 3.41. The Hall–Kier alpha value is -2.45. The second kappa shape index (κ2) is 11.3. The molecule has 2 aromatic rings. The minimum Gasteiger partial charge on any atom is -0.484 e. The predicted octanol–water partition coefficient (Wildman–Crippen LogP) is 5.09. The van der Waals surface area contributed by atoms with Gasteiger partial charge >= 0.3 is 0 Å². The van der Waals surface area contributed by atoms with E-state index < -0.39 is 5.54 Å². The van der Waals surface area contributed by atoms with Gasteiger partial charge in [-0.3, -0.25) is 9.59 Å². The molecule has 0 radical (unpaired) electrons. The van der Waals surface area contributed by atoms with E-state index in [0.29, 0.717) is 43.4 Å². The third-order valence-corrected chi connectivity index (χ3v) is 6.78. The minimum atomic E-state index is -1.04. The highest BCUT2D eigenvalue weighted by atomic mass is 79.9. The van der Waals surface area contributed by atoms with Crippen LogP contribution >= 0.6 is 15.9 Å². The first-order chi connectivity index (χ1) is 16.1. The standard InChI is InChI=1S/C26H33BrFN3O3/c1-18(2)30-14-12-26(13-15-30,25(33)29-22-10-8-21(28)9-11-22)31(19(3)4)24(32)17-34-23-7-5-6-20(27)16-23/h5-11,16,18-19H,12-15,17H2,1-4H3,(H,29,33). The predicted molar refractivity (Wildman–Crippen MR) is 135 cm³/mol.